The lowest BCUT2D eigenvalue weighted by Crippen LogP contribution is -2.13. The normalized spacial score (nSPS) is 10.3. The SMILES string of the molecule is Cc1ccc(O)c(C)c1NC(=O)c1nnc(N)s1. The highest BCUT2D eigenvalue weighted by Crippen LogP contribution is 2.28. The second kappa shape index (κ2) is 4.61. The van der Waals surface area contributed by atoms with Crippen molar-refractivity contribution in [2.24, 2.45) is 0 Å². The Balaban J connectivity index is 2.30. The van der Waals surface area contributed by atoms with Crippen LogP contribution in [0.25, 0.3) is 0 Å². The summed E-state index contributed by atoms with van der Waals surface area (Å²) in [6.45, 7) is 3.57. The van der Waals surface area contributed by atoms with Crippen molar-refractivity contribution in [2.45, 2.75) is 13.8 Å². The third-order valence-corrected chi connectivity index (χ3v) is 3.27. The molecule has 18 heavy (non-hydrogen) atoms. The van der Waals surface area contributed by atoms with Crippen LogP contribution in [0, 0.1) is 13.8 Å². The summed E-state index contributed by atoms with van der Waals surface area (Å²) in [6.07, 6.45) is 0. The number of phenols is 1. The van der Waals surface area contributed by atoms with Gasteiger partial charge >= 0.3 is 0 Å². The molecule has 1 amide bonds. The van der Waals surface area contributed by atoms with E-state index in [4.69, 9.17) is 5.73 Å². The van der Waals surface area contributed by atoms with Crippen molar-refractivity contribution in [1.82, 2.24) is 10.2 Å². The first-order chi connectivity index (χ1) is 8.49. The van der Waals surface area contributed by atoms with Gasteiger partial charge in [-0.3, -0.25) is 4.79 Å². The van der Waals surface area contributed by atoms with Crippen molar-refractivity contribution in [1.29, 1.82) is 0 Å². The van der Waals surface area contributed by atoms with Crippen molar-refractivity contribution < 1.29 is 9.90 Å². The summed E-state index contributed by atoms with van der Waals surface area (Å²) in [5, 5.41) is 20.0. The van der Waals surface area contributed by atoms with Gasteiger partial charge in [-0.15, -0.1) is 10.2 Å². The Morgan fingerprint density at radius 3 is 2.72 bits per heavy atom. The molecular weight excluding hydrogens is 252 g/mol. The summed E-state index contributed by atoms with van der Waals surface area (Å²) in [5.74, 6) is -0.256. The van der Waals surface area contributed by atoms with Crippen LogP contribution in [0.1, 0.15) is 20.9 Å². The third kappa shape index (κ3) is 2.25. The van der Waals surface area contributed by atoms with Crippen LogP contribution < -0.4 is 11.1 Å². The highest BCUT2D eigenvalue weighted by Gasteiger charge is 2.15. The molecule has 0 aliphatic rings. The first-order valence-electron chi connectivity index (χ1n) is 5.18. The number of rotatable bonds is 2. The molecule has 0 radical (unpaired) electrons. The quantitative estimate of drug-likeness (QED) is 0.766. The number of nitrogens with two attached hydrogens (primary N) is 1. The molecule has 2 rings (SSSR count). The molecule has 1 aromatic carbocycles. The average molecular weight is 264 g/mol. The average Bonchev–Trinajstić information content (AvgIpc) is 2.76. The van der Waals surface area contributed by atoms with E-state index in [1.54, 1.807) is 19.1 Å². The second-order valence-electron chi connectivity index (χ2n) is 3.80. The number of aryl methyl sites for hydroxylation is 1. The predicted octanol–water partition coefficient (Wildman–Crippen LogP) is 1.70. The van der Waals surface area contributed by atoms with Crippen LogP contribution in [0.2, 0.25) is 0 Å². The number of hydrogen-bond donors (Lipinski definition) is 3. The molecule has 1 heterocycles. The van der Waals surface area contributed by atoms with E-state index in [1.807, 2.05) is 6.92 Å². The van der Waals surface area contributed by atoms with Gasteiger partial charge in [0.2, 0.25) is 10.1 Å². The highest BCUT2D eigenvalue weighted by molar-refractivity contribution is 7.16. The minimum absolute atomic E-state index is 0.132. The Labute approximate surface area is 107 Å². The van der Waals surface area contributed by atoms with Crippen molar-refractivity contribution >= 4 is 28.1 Å². The number of hydrogen-bond acceptors (Lipinski definition) is 6. The lowest BCUT2D eigenvalue weighted by molar-refractivity contribution is 0.102. The van der Waals surface area contributed by atoms with Crippen LogP contribution >= 0.6 is 11.3 Å². The number of aromatic nitrogens is 2. The fraction of sp³-hybridized carbons (Fsp3) is 0.182. The molecule has 0 spiro atoms. The first-order valence-corrected chi connectivity index (χ1v) is 6.00. The monoisotopic (exact) mass is 264 g/mol. The molecule has 0 unspecified atom stereocenters. The van der Waals surface area contributed by atoms with E-state index in [1.165, 1.54) is 0 Å². The number of benzene rings is 1. The van der Waals surface area contributed by atoms with Gasteiger partial charge in [-0.25, -0.2) is 0 Å². The number of nitrogen functional groups attached to an aromatic ring is 1. The summed E-state index contributed by atoms with van der Waals surface area (Å²) in [4.78, 5) is 11.9. The summed E-state index contributed by atoms with van der Waals surface area (Å²) in [7, 11) is 0. The molecule has 6 nitrogen and oxygen atoms in total. The van der Waals surface area contributed by atoms with E-state index in [-0.39, 0.29) is 21.8 Å². The topological polar surface area (TPSA) is 101 Å². The molecule has 1 aromatic heterocycles. The van der Waals surface area contributed by atoms with Crippen molar-refractivity contribution in [3.05, 3.63) is 28.3 Å². The fourth-order valence-electron chi connectivity index (χ4n) is 1.52. The van der Waals surface area contributed by atoms with Gasteiger partial charge in [-0.2, -0.15) is 0 Å². The largest absolute Gasteiger partial charge is 0.508 e. The second-order valence-corrected chi connectivity index (χ2v) is 4.81. The summed E-state index contributed by atoms with van der Waals surface area (Å²) in [6, 6.07) is 3.32. The zero-order valence-corrected chi connectivity index (χ0v) is 10.7. The van der Waals surface area contributed by atoms with Crippen LogP contribution in [0.15, 0.2) is 12.1 Å². The number of nitrogens with one attached hydrogen (secondary N) is 1. The molecule has 0 aliphatic carbocycles. The van der Waals surface area contributed by atoms with Gasteiger partial charge in [0, 0.05) is 5.56 Å². The van der Waals surface area contributed by atoms with Gasteiger partial charge in [0.05, 0.1) is 5.69 Å². The Bertz CT molecular complexity index is 609. The van der Waals surface area contributed by atoms with Gasteiger partial charge in [0.1, 0.15) is 5.75 Å². The lowest BCUT2D eigenvalue weighted by Gasteiger charge is -2.11. The summed E-state index contributed by atoms with van der Waals surface area (Å²) in [5.41, 5.74) is 7.47. The van der Waals surface area contributed by atoms with Crippen molar-refractivity contribution in [2.75, 3.05) is 11.1 Å². The molecule has 0 bridgehead atoms. The van der Waals surface area contributed by atoms with Crippen LogP contribution in [0.5, 0.6) is 5.75 Å². The number of nitrogens with zero attached hydrogens (tertiary/aromatic N) is 2. The molecule has 0 saturated carbocycles. The number of aromatic hydroxyl groups is 1. The number of phenolic OH excluding ortho intramolecular Hbond substituents is 1. The molecule has 0 aliphatic heterocycles. The number of anilines is 2. The van der Waals surface area contributed by atoms with Gasteiger partial charge < -0.3 is 16.2 Å². The molecule has 94 valence electrons. The van der Waals surface area contributed by atoms with Crippen molar-refractivity contribution in [3.63, 3.8) is 0 Å². The maximum absolute atomic E-state index is 11.9. The Morgan fingerprint density at radius 1 is 1.39 bits per heavy atom. The number of carbonyl (C=O) groups excluding carboxylic acids is 1. The zero-order valence-electron chi connectivity index (χ0n) is 9.89. The minimum Gasteiger partial charge on any atom is -0.508 e. The van der Waals surface area contributed by atoms with Crippen LogP contribution in [-0.4, -0.2) is 21.2 Å². The van der Waals surface area contributed by atoms with E-state index >= 15 is 0 Å². The van der Waals surface area contributed by atoms with Gasteiger partial charge in [0.25, 0.3) is 5.91 Å². The van der Waals surface area contributed by atoms with Gasteiger partial charge in [-0.05, 0) is 25.5 Å². The summed E-state index contributed by atoms with van der Waals surface area (Å²) >= 11 is 1.01. The Morgan fingerprint density at radius 2 is 2.11 bits per heavy atom. The molecule has 0 atom stereocenters. The van der Waals surface area contributed by atoms with Crippen LogP contribution in [0.4, 0.5) is 10.8 Å². The van der Waals surface area contributed by atoms with Crippen LogP contribution in [0.3, 0.4) is 0 Å². The fourth-order valence-corrected chi connectivity index (χ4v) is 2.03. The predicted molar refractivity (Wildman–Crippen MR) is 69.9 cm³/mol. The maximum Gasteiger partial charge on any atom is 0.286 e. The first kappa shape index (κ1) is 12.3. The van der Waals surface area contributed by atoms with E-state index in [9.17, 15) is 9.90 Å². The molecule has 2 aromatic rings. The Kier molecular flexibility index (Phi) is 3.15. The van der Waals surface area contributed by atoms with E-state index in [0.29, 0.717) is 11.3 Å². The van der Waals surface area contributed by atoms with E-state index in [0.717, 1.165) is 16.9 Å². The van der Waals surface area contributed by atoms with Crippen LogP contribution in [-0.2, 0) is 0 Å². The maximum atomic E-state index is 11.9. The smallest absolute Gasteiger partial charge is 0.286 e. The standard InChI is InChI=1S/C11H12N4O2S/c1-5-3-4-7(16)6(2)8(5)13-9(17)10-14-15-11(12)18-10/h3-4,16H,1-2H3,(H2,12,15)(H,13,17). The van der Waals surface area contributed by atoms with Crippen molar-refractivity contribution in [3.8, 4) is 5.75 Å². The molecule has 7 heteroatoms. The minimum atomic E-state index is -0.388. The van der Waals surface area contributed by atoms with E-state index < -0.39 is 0 Å². The Hall–Kier alpha value is -2.15. The molecule has 0 saturated heterocycles. The number of carbonyl (C=O) groups is 1. The number of amides is 1. The van der Waals surface area contributed by atoms with Gasteiger partial charge in [0.15, 0.2) is 0 Å². The zero-order chi connectivity index (χ0) is 13.3. The van der Waals surface area contributed by atoms with Gasteiger partial charge in [-0.1, -0.05) is 17.4 Å². The summed E-state index contributed by atoms with van der Waals surface area (Å²) < 4.78 is 0. The molecular formula is C11H12N4O2S. The lowest BCUT2D eigenvalue weighted by atomic mass is 10.1. The molecule has 4 N–H and O–H groups in total. The van der Waals surface area contributed by atoms with E-state index in [2.05, 4.69) is 15.5 Å². The molecule has 0 fully saturated rings. The highest BCUT2D eigenvalue weighted by atomic mass is 32.1. The third-order valence-electron chi connectivity index (χ3n) is 2.52.